The first-order valence-corrected chi connectivity index (χ1v) is 18.9. The molecule has 0 aromatic heterocycles. The number of nitrogens with zero attached hydrogens (tertiary/aromatic N) is 3. The van der Waals surface area contributed by atoms with Crippen LogP contribution in [0.5, 0.6) is 34.5 Å². The Morgan fingerprint density at radius 1 is 0.415 bits per heavy atom. The molecule has 0 aliphatic carbocycles. The fourth-order valence-electron chi connectivity index (χ4n) is 6.68. The Balaban J connectivity index is 1.01. The van der Waals surface area contributed by atoms with Gasteiger partial charge in [-0.15, -0.1) is 0 Å². The smallest absolute Gasteiger partial charge is 0.473 e. The number of rotatable bonds is 9. The van der Waals surface area contributed by atoms with Gasteiger partial charge in [0.15, 0.2) is 20.2 Å². The number of phosphoric acid groups is 1. The van der Waals surface area contributed by atoms with Gasteiger partial charge in [-0.05, 0) is 91.0 Å². The first-order valence-electron chi connectivity index (χ1n) is 17.4. The van der Waals surface area contributed by atoms with Crippen molar-refractivity contribution < 1.29 is 32.3 Å². The number of benzene rings is 6. The molecule has 0 fully saturated rings. The summed E-state index contributed by atoms with van der Waals surface area (Å²) in [7, 11) is -4.38. The van der Waals surface area contributed by atoms with Crippen LogP contribution in [0.4, 0.5) is 17.1 Å². The molecule has 3 heterocycles. The molecule has 6 aromatic rings. The van der Waals surface area contributed by atoms with Gasteiger partial charge in [0.25, 0.3) is 0 Å². The summed E-state index contributed by atoms with van der Waals surface area (Å²) in [6.45, 7) is 2.97. The lowest BCUT2D eigenvalue weighted by Gasteiger charge is -2.31. The molecule has 0 saturated carbocycles. The summed E-state index contributed by atoms with van der Waals surface area (Å²) in [5.41, 5.74) is 5.73. The zero-order chi connectivity index (χ0) is 35.6. The molecule has 0 radical (unpaired) electrons. The van der Waals surface area contributed by atoms with Crippen LogP contribution < -0.4 is 42.5 Å². The molecule has 3 aliphatic heterocycles. The predicted octanol–water partition coefficient (Wildman–Crippen LogP) is 9.40. The molecular weight excluding hydrogens is 689 g/mol. The van der Waals surface area contributed by atoms with Crippen LogP contribution in [0.1, 0.15) is 16.7 Å². The maximum absolute atomic E-state index is 14.9. The van der Waals surface area contributed by atoms with Gasteiger partial charge in [-0.2, -0.15) is 4.57 Å². The molecule has 3 aliphatic rings. The highest BCUT2D eigenvalue weighted by molar-refractivity contribution is 7.49. The monoisotopic (exact) mass is 725 g/mol. The van der Waals surface area contributed by atoms with Gasteiger partial charge in [-0.3, -0.25) is 0 Å². The van der Waals surface area contributed by atoms with Gasteiger partial charge in [0.05, 0.1) is 0 Å². The number of anilines is 3. The normalized spacial score (nSPS) is 14.8. The van der Waals surface area contributed by atoms with E-state index in [9.17, 15) is 4.57 Å². The number of hydrogen-bond acceptors (Lipinski definition) is 10. The SMILES string of the molecule is O=P(Oc1ccc2c(c1)CN(c1ccccc1)CO2)(Oc1ccc2c(c1)CN(c1ccccc1)CO2)Oc1ccc2c(c1)CN(c1ccccc1)CO2. The Bertz CT molecular complexity index is 2020. The molecule has 53 heavy (non-hydrogen) atoms. The van der Waals surface area contributed by atoms with Crippen LogP contribution >= 0.6 is 7.82 Å². The lowest BCUT2D eigenvalue weighted by Crippen LogP contribution is -2.31. The largest absolute Gasteiger partial charge is 0.647 e. The third-order valence-electron chi connectivity index (χ3n) is 9.32. The van der Waals surface area contributed by atoms with Crippen molar-refractivity contribution in [1.29, 1.82) is 0 Å². The fraction of sp³-hybridized carbons (Fsp3) is 0.143. The third kappa shape index (κ3) is 7.14. The van der Waals surface area contributed by atoms with Crippen molar-refractivity contribution in [2.45, 2.75) is 19.6 Å². The van der Waals surface area contributed by atoms with Crippen LogP contribution in [-0.4, -0.2) is 20.2 Å². The van der Waals surface area contributed by atoms with Crippen molar-refractivity contribution in [3.8, 4) is 34.5 Å². The van der Waals surface area contributed by atoms with Crippen LogP contribution in [0.15, 0.2) is 146 Å². The van der Waals surface area contributed by atoms with Crippen LogP contribution in [0.2, 0.25) is 0 Å². The van der Waals surface area contributed by atoms with E-state index >= 15 is 0 Å². The first kappa shape index (κ1) is 32.6. The van der Waals surface area contributed by atoms with Gasteiger partial charge < -0.3 is 42.5 Å². The van der Waals surface area contributed by atoms with Crippen LogP contribution in [0, 0.1) is 0 Å². The van der Waals surface area contributed by atoms with Crippen molar-refractivity contribution >= 4 is 24.9 Å². The zero-order valence-electron chi connectivity index (χ0n) is 28.7. The van der Waals surface area contributed by atoms with E-state index in [1.807, 2.05) is 127 Å². The van der Waals surface area contributed by atoms with Gasteiger partial charge in [0.1, 0.15) is 34.5 Å². The van der Waals surface area contributed by atoms with Crippen molar-refractivity contribution in [2.75, 3.05) is 34.9 Å². The number of phosphoric ester groups is 1. The summed E-state index contributed by atoms with van der Waals surface area (Å²) in [5, 5.41) is 0. The van der Waals surface area contributed by atoms with Gasteiger partial charge in [0.2, 0.25) is 0 Å². The molecule has 266 valence electrons. The minimum atomic E-state index is -4.38. The molecule has 6 aromatic carbocycles. The van der Waals surface area contributed by atoms with Crippen molar-refractivity contribution in [2.24, 2.45) is 0 Å². The van der Waals surface area contributed by atoms with E-state index in [1.54, 1.807) is 18.2 Å². The third-order valence-corrected chi connectivity index (χ3v) is 10.6. The highest BCUT2D eigenvalue weighted by atomic mass is 31.2. The van der Waals surface area contributed by atoms with Crippen molar-refractivity contribution in [3.63, 3.8) is 0 Å². The predicted molar refractivity (Wildman–Crippen MR) is 203 cm³/mol. The molecule has 11 heteroatoms. The lowest BCUT2D eigenvalue weighted by atomic mass is 10.1. The van der Waals surface area contributed by atoms with E-state index in [4.69, 9.17) is 27.8 Å². The standard InChI is InChI=1S/C42H36N3O7P/c46-53(50-37-16-19-40-31(22-37)25-43(28-47-40)34-10-4-1-5-11-34,51-38-17-20-41-32(23-38)26-44(29-48-41)35-12-6-2-7-13-35)52-39-18-21-42-33(24-39)27-45(30-49-42)36-14-8-3-9-15-36/h1-24H,25-30H2. The van der Waals surface area contributed by atoms with Gasteiger partial charge >= 0.3 is 7.82 Å². The molecular formula is C42H36N3O7P. The summed E-state index contributed by atoms with van der Waals surface area (Å²) in [5.74, 6) is 3.15. The molecule has 0 atom stereocenters. The molecule has 9 rings (SSSR count). The average Bonchev–Trinajstić information content (AvgIpc) is 3.21. The quantitative estimate of drug-likeness (QED) is 0.135. The summed E-state index contributed by atoms with van der Waals surface area (Å²) in [6.07, 6.45) is 0. The van der Waals surface area contributed by atoms with Crippen LogP contribution in [-0.2, 0) is 24.2 Å². The average molecular weight is 726 g/mol. The first-order chi connectivity index (χ1) is 26.0. The second-order valence-corrected chi connectivity index (χ2v) is 14.4. The second kappa shape index (κ2) is 14.1. The number of fused-ring (bicyclic) bond motifs is 3. The van der Waals surface area contributed by atoms with E-state index in [0.29, 0.717) is 57.1 Å². The highest BCUT2D eigenvalue weighted by Gasteiger charge is 2.35. The molecule has 0 unspecified atom stereocenters. The Morgan fingerprint density at radius 2 is 0.717 bits per heavy atom. The maximum atomic E-state index is 14.9. The van der Waals surface area contributed by atoms with Gasteiger partial charge in [-0.25, -0.2) is 0 Å². The fourth-order valence-corrected chi connectivity index (χ4v) is 7.91. The summed E-state index contributed by atoms with van der Waals surface area (Å²) in [6, 6.07) is 46.2. The molecule has 0 spiro atoms. The van der Waals surface area contributed by atoms with Gasteiger partial charge in [-0.1, -0.05) is 54.6 Å². The Kier molecular flexibility index (Phi) is 8.65. The number of ether oxygens (including phenoxy) is 3. The maximum Gasteiger partial charge on any atom is 0.647 e. The molecule has 0 amide bonds. The molecule has 0 N–H and O–H groups in total. The minimum Gasteiger partial charge on any atom is -0.473 e. The van der Waals surface area contributed by atoms with Crippen molar-refractivity contribution in [3.05, 3.63) is 162 Å². The van der Waals surface area contributed by atoms with Gasteiger partial charge in [0, 0.05) is 53.4 Å². The number of para-hydroxylation sites is 3. The van der Waals surface area contributed by atoms with E-state index in [0.717, 1.165) is 51.0 Å². The van der Waals surface area contributed by atoms with E-state index in [1.165, 1.54) is 0 Å². The topological polar surface area (TPSA) is 82.2 Å². The Morgan fingerprint density at radius 3 is 1.02 bits per heavy atom. The highest BCUT2D eigenvalue weighted by Crippen LogP contribution is 2.51. The Labute approximate surface area is 307 Å². The summed E-state index contributed by atoms with van der Waals surface area (Å²) < 4.78 is 51.8. The summed E-state index contributed by atoms with van der Waals surface area (Å²) in [4.78, 5) is 6.33. The van der Waals surface area contributed by atoms with Crippen LogP contribution in [0.3, 0.4) is 0 Å². The zero-order valence-corrected chi connectivity index (χ0v) is 29.6. The Hall–Kier alpha value is -6.25. The molecule has 0 bridgehead atoms. The van der Waals surface area contributed by atoms with Crippen LogP contribution in [0.25, 0.3) is 0 Å². The summed E-state index contributed by atoms with van der Waals surface area (Å²) >= 11 is 0. The van der Waals surface area contributed by atoms with E-state index in [2.05, 4.69) is 14.7 Å². The van der Waals surface area contributed by atoms with Crippen molar-refractivity contribution in [1.82, 2.24) is 0 Å². The molecule has 0 saturated heterocycles. The van der Waals surface area contributed by atoms with E-state index < -0.39 is 7.82 Å². The lowest BCUT2D eigenvalue weighted by molar-refractivity contribution is 0.281. The molecule has 10 nitrogen and oxygen atoms in total. The second-order valence-electron chi connectivity index (χ2n) is 13.0. The minimum absolute atomic E-state index is 0.318. The van der Waals surface area contributed by atoms with E-state index in [-0.39, 0.29) is 0 Å². The number of hydrogen-bond donors (Lipinski definition) is 0.